The van der Waals surface area contributed by atoms with Crippen molar-refractivity contribution in [3.63, 3.8) is 0 Å². The van der Waals surface area contributed by atoms with Crippen molar-refractivity contribution in [1.82, 2.24) is 14.7 Å². The molecule has 6 nitrogen and oxygen atoms in total. The normalized spacial score (nSPS) is 25.5. The van der Waals surface area contributed by atoms with Crippen molar-refractivity contribution in [2.75, 3.05) is 6.54 Å². The Morgan fingerprint density at radius 3 is 2.23 bits per heavy atom. The summed E-state index contributed by atoms with van der Waals surface area (Å²) in [7, 11) is 0. The van der Waals surface area contributed by atoms with E-state index in [0.717, 1.165) is 68.4 Å². The molecule has 0 radical (unpaired) electrons. The van der Waals surface area contributed by atoms with Crippen LogP contribution in [0, 0.1) is 18.2 Å². The number of halogens is 4. The highest BCUT2D eigenvalue weighted by atomic mass is 19.4. The second-order valence-electron chi connectivity index (χ2n) is 10.1. The van der Waals surface area contributed by atoms with Crippen LogP contribution in [0.5, 0.6) is 0 Å². The fraction of sp³-hybridized carbons (Fsp3) is 0.560. The second kappa shape index (κ2) is 9.37. The number of carbonyl (C=O) groups excluding carboxylic acids is 2. The highest BCUT2D eigenvalue weighted by Crippen LogP contribution is 2.52. The third kappa shape index (κ3) is 5.42. The first-order valence-electron chi connectivity index (χ1n) is 11.8. The minimum atomic E-state index is -4.64. The van der Waals surface area contributed by atoms with Crippen molar-refractivity contribution in [2.45, 2.75) is 76.7 Å². The van der Waals surface area contributed by atoms with Gasteiger partial charge in [0.05, 0.1) is 24.5 Å². The van der Waals surface area contributed by atoms with Crippen molar-refractivity contribution in [3.8, 4) is 0 Å². The van der Waals surface area contributed by atoms with Crippen LogP contribution in [0.1, 0.15) is 61.0 Å². The van der Waals surface area contributed by atoms with Gasteiger partial charge in [0.1, 0.15) is 5.82 Å². The molecule has 2 bridgehead atoms. The van der Waals surface area contributed by atoms with Crippen molar-refractivity contribution in [2.24, 2.45) is 11.1 Å². The van der Waals surface area contributed by atoms with Gasteiger partial charge in [-0.15, -0.1) is 0 Å². The minimum absolute atomic E-state index is 0.0258. The van der Waals surface area contributed by atoms with E-state index in [0.29, 0.717) is 19.0 Å². The topological polar surface area (TPSA) is 81.2 Å². The number of fused-ring (bicyclic) bond motifs is 4. The largest absolute Gasteiger partial charge is 0.446 e. The van der Waals surface area contributed by atoms with Gasteiger partial charge < -0.3 is 10.6 Å². The summed E-state index contributed by atoms with van der Waals surface area (Å²) in [6, 6.07) is 6.56. The Hall–Kier alpha value is -2.75. The highest BCUT2D eigenvalue weighted by molar-refractivity contribution is 5.83. The van der Waals surface area contributed by atoms with Gasteiger partial charge in [0.25, 0.3) is 0 Å². The molecular weight excluding hydrogens is 464 g/mol. The van der Waals surface area contributed by atoms with Gasteiger partial charge in [-0.2, -0.15) is 18.3 Å². The van der Waals surface area contributed by atoms with Gasteiger partial charge in [0, 0.05) is 17.5 Å². The summed E-state index contributed by atoms with van der Waals surface area (Å²) in [4.78, 5) is 24.3. The molecule has 0 atom stereocenters. The highest BCUT2D eigenvalue weighted by Gasteiger charge is 2.52. The van der Waals surface area contributed by atoms with E-state index in [4.69, 9.17) is 15.6 Å². The number of aldehydes is 1. The maximum absolute atomic E-state index is 13.6. The Balaban J connectivity index is 0.000000431. The van der Waals surface area contributed by atoms with Gasteiger partial charge in [-0.25, -0.2) is 4.39 Å². The van der Waals surface area contributed by atoms with Crippen LogP contribution in [0.15, 0.2) is 24.3 Å². The van der Waals surface area contributed by atoms with Crippen molar-refractivity contribution in [1.29, 1.82) is 0 Å². The number of hydrogen-bond donors (Lipinski definition) is 1. The van der Waals surface area contributed by atoms with E-state index in [2.05, 4.69) is 4.90 Å². The lowest BCUT2D eigenvalue weighted by Crippen LogP contribution is -2.57. The van der Waals surface area contributed by atoms with E-state index in [1.165, 1.54) is 17.7 Å². The number of hydrogen-bond acceptors (Lipinski definition) is 4. The molecule has 6 rings (SSSR count). The van der Waals surface area contributed by atoms with E-state index in [1.807, 2.05) is 11.6 Å². The first-order valence-corrected chi connectivity index (χ1v) is 11.8. The Morgan fingerprint density at radius 1 is 1.11 bits per heavy atom. The number of nitrogens with zero attached hydrogens (tertiary/aromatic N) is 3. The maximum Gasteiger partial charge on any atom is 0.446 e. The quantitative estimate of drug-likeness (QED) is 0.516. The van der Waals surface area contributed by atoms with E-state index >= 15 is 0 Å². The average Bonchev–Trinajstić information content (AvgIpc) is 3.15. The van der Waals surface area contributed by atoms with Gasteiger partial charge >= 0.3 is 6.18 Å². The van der Waals surface area contributed by atoms with Crippen LogP contribution in [-0.2, 0) is 29.1 Å². The van der Waals surface area contributed by atoms with Crippen LogP contribution in [0.25, 0.3) is 0 Å². The fourth-order valence-corrected chi connectivity index (χ4v) is 5.61. The summed E-state index contributed by atoms with van der Waals surface area (Å²) >= 11 is 0. The standard InChI is InChI=1S/C23H29FN4O.C2HF3O/c1-16-19-6-13-27(21(29)22-7-10-23(25,11-8-22)12-9-22)15-20(19)28(26-16)14-17-2-4-18(24)5-3-17;3-2(4,5)1-6/h2-5H,6-15,25H2,1H3;1H. The molecule has 3 fully saturated rings. The minimum Gasteiger partial charge on any atom is -0.336 e. The molecule has 0 spiro atoms. The molecule has 1 aliphatic heterocycles. The lowest BCUT2D eigenvalue weighted by molar-refractivity contribution is -0.156. The Kier molecular flexibility index (Phi) is 6.78. The monoisotopic (exact) mass is 494 g/mol. The average molecular weight is 495 g/mol. The molecule has 2 heterocycles. The predicted octanol–water partition coefficient (Wildman–Crippen LogP) is 4.06. The molecule has 10 heteroatoms. The molecule has 3 saturated carbocycles. The predicted molar refractivity (Wildman–Crippen MR) is 121 cm³/mol. The summed E-state index contributed by atoms with van der Waals surface area (Å²) in [5.41, 5.74) is 10.7. The molecule has 0 unspecified atom stereocenters. The molecule has 1 aromatic heterocycles. The number of rotatable bonds is 3. The first kappa shape index (κ1) is 25.3. The van der Waals surface area contributed by atoms with Gasteiger partial charge in [0.2, 0.25) is 12.2 Å². The van der Waals surface area contributed by atoms with Gasteiger partial charge in [-0.3, -0.25) is 14.3 Å². The third-order valence-corrected chi connectivity index (χ3v) is 7.76. The molecule has 190 valence electrons. The van der Waals surface area contributed by atoms with Crippen LogP contribution in [0.3, 0.4) is 0 Å². The van der Waals surface area contributed by atoms with Gasteiger partial charge in [-0.05, 0) is 75.1 Å². The molecule has 1 aromatic carbocycles. The second-order valence-corrected chi connectivity index (χ2v) is 10.1. The number of amides is 1. The molecule has 2 aromatic rings. The Bertz CT molecular complexity index is 1070. The van der Waals surface area contributed by atoms with Crippen LogP contribution >= 0.6 is 0 Å². The van der Waals surface area contributed by atoms with Crippen molar-refractivity contribution < 1.29 is 27.2 Å². The SMILES string of the molecule is Cc1nn(Cc2ccc(F)cc2)c2c1CCN(C(=O)C13CCC(N)(CC1)CC3)C2.O=CC(F)(F)F. The molecule has 4 aliphatic rings. The number of carbonyl (C=O) groups is 2. The first-order chi connectivity index (χ1) is 16.4. The third-order valence-electron chi connectivity index (χ3n) is 7.76. The number of alkyl halides is 3. The van der Waals surface area contributed by atoms with Crippen LogP contribution in [0.2, 0.25) is 0 Å². The zero-order valence-corrected chi connectivity index (χ0v) is 19.7. The van der Waals surface area contributed by atoms with E-state index in [1.54, 1.807) is 12.1 Å². The Morgan fingerprint density at radius 2 is 1.69 bits per heavy atom. The fourth-order valence-electron chi connectivity index (χ4n) is 5.61. The molecule has 3 aliphatic carbocycles. The summed E-state index contributed by atoms with van der Waals surface area (Å²) in [5, 5.41) is 4.74. The number of aryl methyl sites for hydroxylation is 1. The lowest BCUT2D eigenvalue weighted by atomic mass is 9.57. The lowest BCUT2D eigenvalue weighted by Gasteiger charge is -2.52. The van der Waals surface area contributed by atoms with Crippen molar-refractivity contribution >= 4 is 12.2 Å². The summed E-state index contributed by atoms with van der Waals surface area (Å²) in [6.45, 7) is 4.02. The van der Waals surface area contributed by atoms with Crippen LogP contribution in [-0.4, -0.2) is 45.1 Å². The van der Waals surface area contributed by atoms with E-state index in [9.17, 15) is 22.4 Å². The molecular formula is C25H30F4N4O2. The Labute approximate surface area is 201 Å². The smallest absolute Gasteiger partial charge is 0.336 e. The molecule has 35 heavy (non-hydrogen) atoms. The van der Waals surface area contributed by atoms with Gasteiger partial charge in [0.15, 0.2) is 0 Å². The maximum atomic E-state index is 13.6. The molecule has 0 saturated heterocycles. The zero-order valence-electron chi connectivity index (χ0n) is 19.7. The van der Waals surface area contributed by atoms with Crippen LogP contribution < -0.4 is 5.73 Å². The van der Waals surface area contributed by atoms with E-state index in [-0.39, 0.29) is 16.8 Å². The summed E-state index contributed by atoms with van der Waals surface area (Å²) < 4.78 is 46.5. The van der Waals surface area contributed by atoms with Crippen molar-refractivity contribution in [3.05, 3.63) is 52.6 Å². The molecule has 2 N–H and O–H groups in total. The summed E-state index contributed by atoms with van der Waals surface area (Å²) in [6.07, 6.45) is 0.858. The van der Waals surface area contributed by atoms with Crippen LogP contribution in [0.4, 0.5) is 17.6 Å². The number of benzene rings is 1. The number of aromatic nitrogens is 2. The summed E-state index contributed by atoms with van der Waals surface area (Å²) in [5.74, 6) is 0.0852. The zero-order chi connectivity index (χ0) is 25.4. The van der Waals surface area contributed by atoms with E-state index < -0.39 is 12.5 Å². The van der Waals surface area contributed by atoms with Gasteiger partial charge in [-0.1, -0.05) is 12.1 Å². The molecule has 1 amide bonds. The number of nitrogens with two attached hydrogens (primary N) is 1.